The number of aryl methyl sites for hydroxylation is 1. The first-order chi connectivity index (χ1) is 14.2. The average molecular weight is 393 g/mol. The zero-order valence-electron chi connectivity index (χ0n) is 17.5. The van der Waals surface area contributed by atoms with Gasteiger partial charge in [0.2, 0.25) is 5.91 Å². The van der Waals surface area contributed by atoms with E-state index in [1.54, 1.807) is 0 Å². The summed E-state index contributed by atoms with van der Waals surface area (Å²) in [7, 11) is 0. The Morgan fingerprint density at radius 1 is 1.00 bits per heavy atom. The Labute approximate surface area is 174 Å². The summed E-state index contributed by atoms with van der Waals surface area (Å²) in [4.78, 5) is 23.7. The van der Waals surface area contributed by atoms with Gasteiger partial charge in [0.05, 0.1) is 6.54 Å². The molecule has 1 atom stereocenters. The van der Waals surface area contributed by atoms with Crippen molar-refractivity contribution < 1.29 is 4.79 Å². The van der Waals surface area contributed by atoms with Gasteiger partial charge in [-0.2, -0.15) is 0 Å². The van der Waals surface area contributed by atoms with E-state index in [0.29, 0.717) is 18.4 Å². The van der Waals surface area contributed by atoms with Crippen molar-refractivity contribution in [3.63, 3.8) is 0 Å². The lowest BCUT2D eigenvalue weighted by atomic mass is 10.00. The molecule has 1 aromatic carbocycles. The minimum Gasteiger partial charge on any atom is -0.339 e. The molecule has 2 saturated heterocycles. The van der Waals surface area contributed by atoms with Crippen molar-refractivity contribution in [2.45, 2.75) is 26.3 Å². The molecule has 2 aliphatic rings. The predicted molar refractivity (Wildman–Crippen MR) is 116 cm³/mol. The SMILES string of the molecule is Cc1cccc(CN2CCN(C(=O)CN3CC[C@@H](Cc4ccncc4)C3)CC2)c1. The minimum absolute atomic E-state index is 0.296. The first-order valence-electron chi connectivity index (χ1n) is 10.8. The topological polar surface area (TPSA) is 39.7 Å². The van der Waals surface area contributed by atoms with Crippen molar-refractivity contribution in [3.05, 3.63) is 65.5 Å². The van der Waals surface area contributed by atoms with Gasteiger partial charge in [-0.3, -0.25) is 19.6 Å². The molecule has 0 N–H and O–H groups in total. The molecule has 0 bridgehead atoms. The second-order valence-corrected chi connectivity index (χ2v) is 8.60. The number of aromatic nitrogens is 1. The number of benzene rings is 1. The van der Waals surface area contributed by atoms with Crippen LogP contribution in [0.25, 0.3) is 0 Å². The fourth-order valence-corrected chi connectivity index (χ4v) is 4.59. The van der Waals surface area contributed by atoms with Crippen LogP contribution in [0.3, 0.4) is 0 Å². The summed E-state index contributed by atoms with van der Waals surface area (Å²) in [6.07, 6.45) is 6.00. The molecular formula is C24H32N4O. The molecule has 2 aromatic rings. The summed E-state index contributed by atoms with van der Waals surface area (Å²) in [6.45, 7) is 9.38. The Hall–Kier alpha value is -2.24. The highest BCUT2D eigenvalue weighted by Gasteiger charge is 2.27. The number of hydrogen-bond donors (Lipinski definition) is 0. The van der Waals surface area contributed by atoms with Gasteiger partial charge in [0.25, 0.3) is 0 Å². The fraction of sp³-hybridized carbons (Fsp3) is 0.500. The van der Waals surface area contributed by atoms with Crippen LogP contribution < -0.4 is 0 Å². The van der Waals surface area contributed by atoms with Gasteiger partial charge in [0.1, 0.15) is 0 Å². The normalized spacial score (nSPS) is 20.9. The van der Waals surface area contributed by atoms with E-state index in [1.807, 2.05) is 12.4 Å². The Kier molecular flexibility index (Phi) is 6.57. The van der Waals surface area contributed by atoms with Crippen LogP contribution in [0, 0.1) is 12.8 Å². The number of rotatable bonds is 6. The maximum absolute atomic E-state index is 12.8. The molecule has 2 fully saturated rings. The monoisotopic (exact) mass is 392 g/mol. The van der Waals surface area contributed by atoms with E-state index in [1.165, 1.54) is 23.1 Å². The molecule has 0 saturated carbocycles. The zero-order valence-corrected chi connectivity index (χ0v) is 17.5. The minimum atomic E-state index is 0.296. The number of amides is 1. The summed E-state index contributed by atoms with van der Waals surface area (Å²) in [6, 6.07) is 12.9. The highest BCUT2D eigenvalue weighted by atomic mass is 16.2. The van der Waals surface area contributed by atoms with Crippen LogP contribution in [0.1, 0.15) is 23.1 Å². The third-order valence-corrected chi connectivity index (χ3v) is 6.22. The predicted octanol–water partition coefficient (Wildman–Crippen LogP) is 2.60. The molecule has 0 unspecified atom stereocenters. The van der Waals surface area contributed by atoms with Crippen LogP contribution in [0.2, 0.25) is 0 Å². The van der Waals surface area contributed by atoms with Gasteiger partial charge in [-0.05, 0) is 55.5 Å². The lowest BCUT2D eigenvalue weighted by Crippen LogP contribution is -2.50. The fourth-order valence-electron chi connectivity index (χ4n) is 4.59. The Morgan fingerprint density at radius 2 is 1.79 bits per heavy atom. The first kappa shape index (κ1) is 20.0. The quantitative estimate of drug-likeness (QED) is 0.758. The van der Waals surface area contributed by atoms with E-state index in [0.717, 1.165) is 52.2 Å². The number of likely N-dealkylation sites (tertiary alicyclic amines) is 1. The number of carbonyl (C=O) groups is 1. The van der Waals surface area contributed by atoms with E-state index in [9.17, 15) is 4.79 Å². The second kappa shape index (κ2) is 9.51. The van der Waals surface area contributed by atoms with Crippen molar-refractivity contribution in [1.29, 1.82) is 0 Å². The molecule has 1 aromatic heterocycles. The summed E-state index contributed by atoms with van der Waals surface area (Å²) < 4.78 is 0. The molecule has 1 amide bonds. The molecular weight excluding hydrogens is 360 g/mol. The number of piperazine rings is 1. The molecule has 4 rings (SSSR count). The van der Waals surface area contributed by atoms with E-state index in [-0.39, 0.29) is 0 Å². The van der Waals surface area contributed by atoms with Gasteiger partial charge >= 0.3 is 0 Å². The Balaban J connectivity index is 1.19. The van der Waals surface area contributed by atoms with Crippen LogP contribution in [-0.4, -0.2) is 71.4 Å². The van der Waals surface area contributed by atoms with Crippen LogP contribution >= 0.6 is 0 Å². The molecule has 29 heavy (non-hydrogen) atoms. The van der Waals surface area contributed by atoms with Gasteiger partial charge in [-0.1, -0.05) is 29.8 Å². The number of pyridine rings is 1. The smallest absolute Gasteiger partial charge is 0.236 e. The lowest BCUT2D eigenvalue weighted by molar-refractivity contribution is -0.134. The lowest BCUT2D eigenvalue weighted by Gasteiger charge is -2.35. The third-order valence-electron chi connectivity index (χ3n) is 6.22. The Bertz CT molecular complexity index is 802. The molecule has 0 spiro atoms. The summed E-state index contributed by atoms with van der Waals surface area (Å²) in [5.74, 6) is 0.946. The maximum Gasteiger partial charge on any atom is 0.236 e. The van der Waals surface area contributed by atoms with E-state index in [2.05, 4.69) is 63.0 Å². The number of carbonyl (C=O) groups excluding carboxylic acids is 1. The average Bonchev–Trinajstić information content (AvgIpc) is 3.16. The van der Waals surface area contributed by atoms with Crippen LogP contribution in [0.15, 0.2) is 48.8 Å². The number of nitrogens with zero attached hydrogens (tertiary/aromatic N) is 4. The van der Waals surface area contributed by atoms with Crippen molar-refractivity contribution in [2.24, 2.45) is 5.92 Å². The summed E-state index contributed by atoms with van der Waals surface area (Å²) in [5.41, 5.74) is 4.02. The van der Waals surface area contributed by atoms with Crippen molar-refractivity contribution >= 4 is 5.91 Å². The molecule has 5 nitrogen and oxygen atoms in total. The molecule has 3 heterocycles. The van der Waals surface area contributed by atoms with Gasteiger partial charge in [0.15, 0.2) is 0 Å². The second-order valence-electron chi connectivity index (χ2n) is 8.60. The molecule has 154 valence electrons. The standard InChI is InChI=1S/C24H32N4O/c1-20-3-2-4-22(15-20)17-26-11-13-28(14-12-26)24(29)19-27-10-7-23(18-27)16-21-5-8-25-9-6-21/h2-6,8-9,15,23H,7,10-14,16-19H2,1H3/t23-/m0/s1. The highest BCUT2D eigenvalue weighted by Crippen LogP contribution is 2.21. The Morgan fingerprint density at radius 3 is 2.55 bits per heavy atom. The van der Waals surface area contributed by atoms with Gasteiger partial charge in [-0.25, -0.2) is 0 Å². The highest BCUT2D eigenvalue weighted by molar-refractivity contribution is 5.78. The van der Waals surface area contributed by atoms with Crippen LogP contribution in [-0.2, 0) is 17.8 Å². The van der Waals surface area contributed by atoms with Crippen molar-refractivity contribution in [3.8, 4) is 0 Å². The molecule has 0 aliphatic carbocycles. The summed E-state index contributed by atoms with van der Waals surface area (Å²) in [5, 5.41) is 0. The van der Waals surface area contributed by atoms with Gasteiger partial charge < -0.3 is 4.90 Å². The van der Waals surface area contributed by atoms with E-state index >= 15 is 0 Å². The van der Waals surface area contributed by atoms with Crippen molar-refractivity contribution in [1.82, 2.24) is 19.7 Å². The van der Waals surface area contributed by atoms with Crippen LogP contribution in [0.5, 0.6) is 0 Å². The van der Waals surface area contributed by atoms with Gasteiger partial charge in [0, 0.05) is 51.7 Å². The number of hydrogen-bond acceptors (Lipinski definition) is 4. The van der Waals surface area contributed by atoms with Crippen molar-refractivity contribution in [2.75, 3.05) is 45.8 Å². The maximum atomic E-state index is 12.8. The van der Waals surface area contributed by atoms with Gasteiger partial charge in [-0.15, -0.1) is 0 Å². The van der Waals surface area contributed by atoms with Crippen LogP contribution in [0.4, 0.5) is 0 Å². The zero-order chi connectivity index (χ0) is 20.1. The third kappa shape index (κ3) is 5.64. The molecule has 5 heteroatoms. The summed E-state index contributed by atoms with van der Waals surface area (Å²) >= 11 is 0. The van der Waals surface area contributed by atoms with E-state index < -0.39 is 0 Å². The molecule has 2 aliphatic heterocycles. The van der Waals surface area contributed by atoms with E-state index in [4.69, 9.17) is 0 Å². The first-order valence-corrected chi connectivity index (χ1v) is 10.8. The largest absolute Gasteiger partial charge is 0.339 e. The molecule has 0 radical (unpaired) electrons.